The van der Waals surface area contributed by atoms with Gasteiger partial charge in [0.25, 0.3) is 5.56 Å². The van der Waals surface area contributed by atoms with Crippen molar-refractivity contribution in [1.29, 1.82) is 0 Å². The molecular formula is C22H25FN4O2. The molecule has 3 heterocycles. The van der Waals surface area contributed by atoms with Crippen molar-refractivity contribution in [3.05, 3.63) is 81.7 Å². The first-order valence-electron chi connectivity index (χ1n) is 9.87. The van der Waals surface area contributed by atoms with Crippen LogP contribution in [-0.4, -0.2) is 47.1 Å². The molecule has 1 aromatic carbocycles. The highest BCUT2D eigenvalue weighted by Gasteiger charge is 2.22. The van der Waals surface area contributed by atoms with Crippen molar-refractivity contribution in [2.75, 3.05) is 32.8 Å². The lowest BCUT2D eigenvalue weighted by Gasteiger charge is -2.35. The van der Waals surface area contributed by atoms with E-state index in [0.717, 1.165) is 24.2 Å². The molecular weight excluding hydrogens is 371 g/mol. The van der Waals surface area contributed by atoms with Crippen molar-refractivity contribution in [3.63, 3.8) is 0 Å². The van der Waals surface area contributed by atoms with E-state index in [1.165, 1.54) is 12.1 Å². The lowest BCUT2D eigenvalue weighted by molar-refractivity contribution is 0.0160. The molecule has 2 aromatic heterocycles. The minimum absolute atomic E-state index is 0.0879. The van der Waals surface area contributed by atoms with E-state index in [-0.39, 0.29) is 17.4 Å². The Bertz CT molecular complexity index is 1030. The quantitative estimate of drug-likeness (QED) is 0.693. The van der Waals surface area contributed by atoms with Crippen molar-refractivity contribution < 1.29 is 9.13 Å². The number of nitrogens with one attached hydrogen (secondary N) is 1. The first-order valence-corrected chi connectivity index (χ1v) is 9.87. The topological polar surface area (TPSA) is 58.9 Å². The highest BCUT2D eigenvalue weighted by atomic mass is 19.1. The molecule has 0 unspecified atom stereocenters. The molecule has 0 spiro atoms. The van der Waals surface area contributed by atoms with Gasteiger partial charge in [0.15, 0.2) is 0 Å². The van der Waals surface area contributed by atoms with E-state index in [0.29, 0.717) is 37.6 Å². The van der Waals surface area contributed by atoms with E-state index in [2.05, 4.69) is 15.2 Å². The Morgan fingerprint density at radius 2 is 1.93 bits per heavy atom. The Morgan fingerprint density at radius 3 is 2.69 bits per heavy atom. The number of pyridine rings is 1. The maximum atomic E-state index is 13.4. The number of fused-ring (bicyclic) bond motifs is 1. The molecule has 0 aliphatic carbocycles. The summed E-state index contributed by atoms with van der Waals surface area (Å²) in [5.41, 5.74) is 3.39. The second-order valence-corrected chi connectivity index (χ2v) is 7.36. The van der Waals surface area contributed by atoms with Crippen LogP contribution in [0.3, 0.4) is 0 Å². The molecule has 0 saturated carbocycles. The molecule has 3 aromatic rings. The van der Waals surface area contributed by atoms with Gasteiger partial charge in [0.05, 0.1) is 18.9 Å². The summed E-state index contributed by atoms with van der Waals surface area (Å²) < 4.78 is 20.4. The van der Waals surface area contributed by atoms with Gasteiger partial charge in [-0.25, -0.2) is 9.37 Å². The molecule has 1 atom stereocenters. The summed E-state index contributed by atoms with van der Waals surface area (Å²) >= 11 is 0. The van der Waals surface area contributed by atoms with Gasteiger partial charge < -0.3 is 10.1 Å². The van der Waals surface area contributed by atoms with Crippen molar-refractivity contribution >= 4 is 5.65 Å². The van der Waals surface area contributed by atoms with Gasteiger partial charge >= 0.3 is 0 Å². The number of halogens is 1. The van der Waals surface area contributed by atoms with Gasteiger partial charge in [-0.2, -0.15) is 0 Å². The van der Waals surface area contributed by atoms with Crippen LogP contribution in [0.4, 0.5) is 4.39 Å². The van der Waals surface area contributed by atoms with Crippen LogP contribution >= 0.6 is 0 Å². The third-order valence-electron chi connectivity index (χ3n) is 5.26. The first kappa shape index (κ1) is 19.7. The zero-order valence-corrected chi connectivity index (χ0v) is 16.5. The monoisotopic (exact) mass is 396 g/mol. The number of ether oxygens (including phenoxy) is 1. The summed E-state index contributed by atoms with van der Waals surface area (Å²) in [6.45, 7) is 6.19. The Balaban J connectivity index is 1.49. The summed E-state index contributed by atoms with van der Waals surface area (Å²) in [7, 11) is 0. The van der Waals surface area contributed by atoms with Gasteiger partial charge in [-0.1, -0.05) is 12.1 Å². The fraction of sp³-hybridized carbons (Fsp3) is 0.364. The molecule has 1 saturated heterocycles. The minimum atomic E-state index is -0.237. The summed E-state index contributed by atoms with van der Waals surface area (Å²) in [6.07, 6.45) is 1.75. The number of rotatable bonds is 6. The van der Waals surface area contributed by atoms with E-state index in [1.54, 1.807) is 16.7 Å². The van der Waals surface area contributed by atoms with E-state index >= 15 is 0 Å². The van der Waals surface area contributed by atoms with Gasteiger partial charge in [0, 0.05) is 44.5 Å². The summed E-state index contributed by atoms with van der Waals surface area (Å²) in [6, 6.07) is 12.1. The lowest BCUT2D eigenvalue weighted by Crippen LogP contribution is -2.42. The number of hydrogen-bond donors (Lipinski definition) is 1. The molecule has 0 radical (unpaired) electrons. The van der Waals surface area contributed by atoms with Gasteiger partial charge in [0.1, 0.15) is 11.5 Å². The van der Waals surface area contributed by atoms with Gasteiger partial charge in [0.2, 0.25) is 0 Å². The smallest absolute Gasteiger partial charge is 0.258 e. The summed E-state index contributed by atoms with van der Waals surface area (Å²) in [5, 5.41) is 3.43. The highest BCUT2D eigenvalue weighted by molar-refractivity contribution is 5.41. The van der Waals surface area contributed by atoms with Crippen LogP contribution < -0.4 is 10.9 Å². The zero-order valence-electron chi connectivity index (χ0n) is 16.5. The van der Waals surface area contributed by atoms with Crippen LogP contribution in [0, 0.1) is 12.7 Å². The SMILES string of the molecule is Cc1ccn2c(=O)cc(CNC[C@@H](c3ccc(F)cc3)N3CCOCC3)nc2c1. The van der Waals surface area contributed by atoms with E-state index < -0.39 is 0 Å². The molecule has 1 aliphatic heterocycles. The van der Waals surface area contributed by atoms with Crippen molar-refractivity contribution in [2.24, 2.45) is 0 Å². The number of nitrogens with zero attached hydrogens (tertiary/aromatic N) is 3. The van der Waals surface area contributed by atoms with Gasteiger partial charge in [-0.15, -0.1) is 0 Å². The Kier molecular flexibility index (Phi) is 5.99. The maximum absolute atomic E-state index is 13.4. The first-order chi connectivity index (χ1) is 14.1. The van der Waals surface area contributed by atoms with Crippen LogP contribution in [-0.2, 0) is 11.3 Å². The average Bonchev–Trinajstić information content (AvgIpc) is 2.72. The van der Waals surface area contributed by atoms with Crippen molar-refractivity contribution in [3.8, 4) is 0 Å². The van der Waals surface area contributed by atoms with Crippen LogP contribution in [0.1, 0.15) is 22.9 Å². The highest BCUT2D eigenvalue weighted by Crippen LogP contribution is 2.21. The average molecular weight is 396 g/mol. The van der Waals surface area contributed by atoms with Crippen LogP contribution in [0.15, 0.2) is 53.5 Å². The molecule has 152 valence electrons. The summed E-state index contributed by atoms with van der Waals surface area (Å²) in [4.78, 5) is 19.3. The lowest BCUT2D eigenvalue weighted by atomic mass is 10.0. The zero-order chi connectivity index (χ0) is 20.2. The third kappa shape index (κ3) is 4.70. The fourth-order valence-electron chi connectivity index (χ4n) is 3.71. The van der Waals surface area contributed by atoms with Crippen LogP contribution in [0.25, 0.3) is 5.65 Å². The molecule has 7 heteroatoms. The maximum Gasteiger partial charge on any atom is 0.258 e. The Morgan fingerprint density at radius 1 is 1.17 bits per heavy atom. The Hall–Kier alpha value is -2.61. The minimum Gasteiger partial charge on any atom is -0.379 e. The number of aromatic nitrogens is 2. The number of hydrogen-bond acceptors (Lipinski definition) is 5. The molecule has 1 aliphatic rings. The molecule has 29 heavy (non-hydrogen) atoms. The molecule has 0 bridgehead atoms. The Labute approximate surface area is 169 Å². The molecule has 4 rings (SSSR count). The standard InChI is InChI=1S/C22H25FN4O2/c1-16-6-7-27-21(12-16)25-19(13-22(27)28)14-24-15-20(26-8-10-29-11-9-26)17-2-4-18(23)5-3-17/h2-7,12-13,20,24H,8-11,14-15H2,1H3/t20-/m0/s1. The fourth-order valence-corrected chi connectivity index (χ4v) is 3.71. The third-order valence-corrected chi connectivity index (χ3v) is 5.26. The van der Waals surface area contributed by atoms with Crippen molar-refractivity contribution in [1.82, 2.24) is 19.6 Å². The second kappa shape index (κ2) is 8.82. The predicted molar refractivity (Wildman–Crippen MR) is 109 cm³/mol. The predicted octanol–water partition coefficient (Wildman–Crippen LogP) is 2.31. The van der Waals surface area contributed by atoms with Crippen LogP contribution in [0.2, 0.25) is 0 Å². The van der Waals surface area contributed by atoms with E-state index in [1.807, 2.05) is 31.2 Å². The van der Waals surface area contributed by atoms with Gasteiger partial charge in [-0.3, -0.25) is 14.1 Å². The van der Waals surface area contributed by atoms with Gasteiger partial charge in [-0.05, 0) is 42.3 Å². The largest absolute Gasteiger partial charge is 0.379 e. The molecule has 1 fully saturated rings. The molecule has 1 N–H and O–H groups in total. The van der Waals surface area contributed by atoms with Crippen LogP contribution in [0.5, 0.6) is 0 Å². The molecule has 6 nitrogen and oxygen atoms in total. The molecule has 0 amide bonds. The number of morpholine rings is 1. The normalized spacial score (nSPS) is 16.2. The van der Waals surface area contributed by atoms with E-state index in [4.69, 9.17) is 4.74 Å². The second-order valence-electron chi connectivity index (χ2n) is 7.36. The summed E-state index contributed by atoms with van der Waals surface area (Å²) in [5.74, 6) is -0.237. The van der Waals surface area contributed by atoms with Crippen molar-refractivity contribution in [2.45, 2.75) is 19.5 Å². The number of benzene rings is 1. The van der Waals surface area contributed by atoms with E-state index in [9.17, 15) is 9.18 Å². The number of aryl methyl sites for hydroxylation is 1.